The summed E-state index contributed by atoms with van der Waals surface area (Å²) in [6.07, 6.45) is 1.61. The largest absolute Gasteiger partial charge is 0.304 e. The Morgan fingerprint density at radius 3 is 2.76 bits per heavy atom. The number of aromatic nitrogens is 2. The monoisotopic (exact) mass is 255 g/mol. The molecule has 0 aliphatic carbocycles. The van der Waals surface area contributed by atoms with Crippen LogP contribution in [0.5, 0.6) is 0 Å². The number of nitrogens with zero attached hydrogens (tertiary/aromatic N) is 3. The number of alkyl halides is 1. The van der Waals surface area contributed by atoms with Crippen LogP contribution in [-0.4, -0.2) is 14.7 Å². The highest BCUT2D eigenvalue weighted by Gasteiger charge is 2.14. The van der Waals surface area contributed by atoms with Gasteiger partial charge in [-0.3, -0.25) is 10.1 Å². The van der Waals surface area contributed by atoms with Gasteiger partial charge in [0.2, 0.25) is 5.82 Å². The van der Waals surface area contributed by atoms with E-state index in [0.717, 1.165) is 12.1 Å². The third kappa shape index (κ3) is 2.26. The molecule has 0 fully saturated rings. The van der Waals surface area contributed by atoms with Crippen molar-refractivity contribution in [2.45, 2.75) is 5.88 Å². The summed E-state index contributed by atoms with van der Waals surface area (Å²) in [4.78, 5) is 9.67. The van der Waals surface area contributed by atoms with Crippen molar-refractivity contribution in [3.63, 3.8) is 0 Å². The molecular weight excluding hydrogens is 249 g/mol. The molecule has 0 atom stereocenters. The fourth-order valence-corrected chi connectivity index (χ4v) is 1.51. The molecule has 88 valence electrons. The zero-order valence-electron chi connectivity index (χ0n) is 8.51. The average Bonchev–Trinajstić information content (AvgIpc) is 2.76. The Morgan fingerprint density at radius 1 is 1.47 bits per heavy atom. The summed E-state index contributed by atoms with van der Waals surface area (Å²) in [5, 5.41) is 14.5. The molecule has 0 radical (unpaired) electrons. The first-order chi connectivity index (χ1) is 8.11. The predicted molar refractivity (Wildman–Crippen MR) is 59.7 cm³/mol. The zero-order chi connectivity index (χ0) is 12.4. The summed E-state index contributed by atoms with van der Waals surface area (Å²) in [6.45, 7) is 0. The molecule has 0 saturated heterocycles. The number of hydrogen-bond acceptors (Lipinski definition) is 3. The van der Waals surface area contributed by atoms with E-state index in [4.69, 9.17) is 11.6 Å². The maximum absolute atomic E-state index is 13.4. The molecule has 0 bridgehead atoms. The van der Waals surface area contributed by atoms with Crippen LogP contribution < -0.4 is 0 Å². The Hall–Kier alpha value is -1.95. The zero-order valence-corrected chi connectivity index (χ0v) is 9.26. The minimum absolute atomic E-state index is 0.252. The van der Waals surface area contributed by atoms with Crippen molar-refractivity contribution < 1.29 is 9.31 Å². The molecule has 0 saturated carbocycles. The van der Waals surface area contributed by atoms with E-state index in [1.807, 2.05) is 0 Å². The van der Waals surface area contributed by atoms with Gasteiger partial charge >= 0.3 is 5.69 Å². The summed E-state index contributed by atoms with van der Waals surface area (Å²) < 4.78 is 14.8. The Kier molecular flexibility index (Phi) is 3.06. The Labute approximate surface area is 101 Å². The van der Waals surface area contributed by atoms with Crippen LogP contribution in [-0.2, 0) is 5.88 Å². The standard InChI is InChI=1S/C10H7ClFN3O2/c11-6-7-3-4-14(13-7)8-1-2-10(15(16)17)9(12)5-8/h1-5H,6H2. The second-order valence-corrected chi connectivity index (χ2v) is 3.55. The maximum Gasteiger partial charge on any atom is 0.304 e. The number of halogens is 2. The van der Waals surface area contributed by atoms with E-state index in [1.54, 1.807) is 12.3 Å². The number of nitro groups is 1. The molecule has 0 aliphatic heterocycles. The molecule has 7 heteroatoms. The maximum atomic E-state index is 13.4. The van der Waals surface area contributed by atoms with Gasteiger partial charge in [-0.05, 0) is 12.1 Å². The van der Waals surface area contributed by atoms with E-state index >= 15 is 0 Å². The van der Waals surface area contributed by atoms with E-state index in [9.17, 15) is 14.5 Å². The molecule has 1 aromatic heterocycles. The number of rotatable bonds is 3. The minimum Gasteiger partial charge on any atom is -0.258 e. The second-order valence-electron chi connectivity index (χ2n) is 3.28. The van der Waals surface area contributed by atoms with Crippen LogP contribution in [0.4, 0.5) is 10.1 Å². The van der Waals surface area contributed by atoms with Crippen molar-refractivity contribution >= 4 is 17.3 Å². The second kappa shape index (κ2) is 4.50. The highest BCUT2D eigenvalue weighted by atomic mass is 35.5. The van der Waals surface area contributed by atoms with E-state index in [1.165, 1.54) is 10.7 Å². The van der Waals surface area contributed by atoms with Crippen LogP contribution in [0.2, 0.25) is 0 Å². The molecule has 0 N–H and O–H groups in total. The van der Waals surface area contributed by atoms with Gasteiger partial charge in [0.05, 0.1) is 22.2 Å². The average molecular weight is 256 g/mol. The molecule has 0 amide bonds. The van der Waals surface area contributed by atoms with Crippen LogP contribution in [0.3, 0.4) is 0 Å². The van der Waals surface area contributed by atoms with Crippen molar-refractivity contribution in [3.05, 3.63) is 52.1 Å². The van der Waals surface area contributed by atoms with Gasteiger partial charge < -0.3 is 0 Å². The van der Waals surface area contributed by atoms with Gasteiger partial charge in [-0.1, -0.05) is 0 Å². The van der Waals surface area contributed by atoms with Crippen molar-refractivity contribution in [1.82, 2.24) is 9.78 Å². The summed E-state index contributed by atoms with van der Waals surface area (Å²) in [5.74, 6) is -0.641. The van der Waals surface area contributed by atoms with Gasteiger partial charge in [0.1, 0.15) is 0 Å². The van der Waals surface area contributed by atoms with Crippen molar-refractivity contribution in [1.29, 1.82) is 0 Å². The molecule has 0 spiro atoms. The first kappa shape index (κ1) is 11.5. The van der Waals surface area contributed by atoms with Gasteiger partial charge in [-0.15, -0.1) is 11.6 Å². The quantitative estimate of drug-likeness (QED) is 0.481. The SMILES string of the molecule is O=[N+]([O-])c1ccc(-n2ccc(CCl)n2)cc1F. The topological polar surface area (TPSA) is 61.0 Å². The molecule has 5 nitrogen and oxygen atoms in total. The summed E-state index contributed by atoms with van der Waals surface area (Å²) in [5.41, 5.74) is 0.494. The normalized spacial score (nSPS) is 10.5. The Balaban J connectivity index is 2.40. The fraction of sp³-hybridized carbons (Fsp3) is 0.100. The van der Waals surface area contributed by atoms with Crippen molar-refractivity contribution in [3.8, 4) is 5.69 Å². The van der Waals surface area contributed by atoms with Gasteiger partial charge in [-0.25, -0.2) is 4.68 Å². The van der Waals surface area contributed by atoms with Gasteiger partial charge in [0.25, 0.3) is 0 Å². The lowest BCUT2D eigenvalue weighted by molar-refractivity contribution is -0.387. The van der Waals surface area contributed by atoms with Crippen LogP contribution in [0.1, 0.15) is 5.69 Å². The van der Waals surface area contributed by atoms with Gasteiger partial charge in [0.15, 0.2) is 0 Å². The Morgan fingerprint density at radius 2 is 2.24 bits per heavy atom. The third-order valence-electron chi connectivity index (χ3n) is 2.17. The van der Waals surface area contributed by atoms with Crippen molar-refractivity contribution in [2.24, 2.45) is 0 Å². The van der Waals surface area contributed by atoms with Crippen LogP contribution >= 0.6 is 11.6 Å². The lowest BCUT2D eigenvalue weighted by Crippen LogP contribution is -1.98. The first-order valence-electron chi connectivity index (χ1n) is 4.66. The van der Waals surface area contributed by atoms with Crippen molar-refractivity contribution in [2.75, 3.05) is 0 Å². The van der Waals surface area contributed by atoms with Crippen LogP contribution in [0.15, 0.2) is 30.5 Å². The van der Waals surface area contributed by atoms with Crippen LogP contribution in [0.25, 0.3) is 5.69 Å². The molecule has 0 unspecified atom stereocenters. The van der Waals surface area contributed by atoms with Gasteiger partial charge in [0, 0.05) is 18.3 Å². The highest BCUT2D eigenvalue weighted by molar-refractivity contribution is 6.16. The number of hydrogen-bond donors (Lipinski definition) is 0. The number of benzene rings is 1. The molecule has 1 aromatic carbocycles. The Bertz CT molecular complexity index is 570. The minimum atomic E-state index is -0.893. The smallest absolute Gasteiger partial charge is 0.258 e. The first-order valence-corrected chi connectivity index (χ1v) is 5.20. The summed E-state index contributed by atoms with van der Waals surface area (Å²) in [6, 6.07) is 5.27. The molecule has 0 aliphatic rings. The molecule has 2 rings (SSSR count). The molecular formula is C10H7ClFN3O2. The molecule has 1 heterocycles. The highest BCUT2D eigenvalue weighted by Crippen LogP contribution is 2.20. The summed E-state index contributed by atoms with van der Waals surface area (Å²) >= 11 is 5.59. The lowest BCUT2D eigenvalue weighted by atomic mass is 10.3. The molecule has 2 aromatic rings. The van der Waals surface area contributed by atoms with E-state index in [-0.39, 0.29) is 5.88 Å². The third-order valence-corrected chi connectivity index (χ3v) is 2.45. The van der Waals surface area contributed by atoms with Gasteiger partial charge in [-0.2, -0.15) is 9.49 Å². The predicted octanol–water partition coefficient (Wildman–Crippen LogP) is 2.66. The summed E-state index contributed by atoms with van der Waals surface area (Å²) in [7, 11) is 0. The van der Waals surface area contributed by atoms with E-state index in [0.29, 0.717) is 11.4 Å². The number of nitro benzene ring substituents is 1. The van der Waals surface area contributed by atoms with E-state index < -0.39 is 16.4 Å². The van der Waals surface area contributed by atoms with Crippen LogP contribution in [0, 0.1) is 15.9 Å². The fourth-order valence-electron chi connectivity index (χ4n) is 1.36. The lowest BCUT2D eigenvalue weighted by Gasteiger charge is -2.01. The molecule has 17 heavy (non-hydrogen) atoms. The van der Waals surface area contributed by atoms with E-state index in [2.05, 4.69) is 5.10 Å².